The van der Waals surface area contributed by atoms with Gasteiger partial charge in [-0.25, -0.2) is 0 Å². The molecule has 0 atom stereocenters. The summed E-state index contributed by atoms with van der Waals surface area (Å²) in [6.45, 7) is 3.04. The Balaban J connectivity index is 1.48. The Morgan fingerprint density at radius 3 is 2.59 bits per heavy atom. The van der Waals surface area contributed by atoms with E-state index in [-0.39, 0.29) is 10.6 Å². The van der Waals surface area contributed by atoms with Gasteiger partial charge in [0.2, 0.25) is 4.80 Å². The van der Waals surface area contributed by atoms with E-state index in [1.54, 1.807) is 35.6 Å². The minimum atomic E-state index is -0.375. The molecule has 1 aliphatic carbocycles. The van der Waals surface area contributed by atoms with Crippen molar-refractivity contribution < 1.29 is 9.66 Å². The molecule has 1 aromatic heterocycles. The van der Waals surface area contributed by atoms with Crippen LogP contribution in [0.3, 0.4) is 0 Å². The molecule has 9 heteroatoms. The molecular weight excluding hydrogens is 450 g/mol. The Morgan fingerprint density at radius 1 is 1.09 bits per heavy atom. The lowest BCUT2D eigenvalue weighted by molar-refractivity contribution is -0.384. The first-order chi connectivity index (χ1) is 16.6. The number of fused-ring (bicyclic) bond motifs is 1. The van der Waals surface area contributed by atoms with E-state index in [4.69, 9.17) is 4.74 Å². The van der Waals surface area contributed by atoms with Crippen LogP contribution < -0.4 is 4.80 Å². The van der Waals surface area contributed by atoms with E-state index in [9.17, 15) is 10.1 Å². The number of aromatic nitrogens is 1. The molecule has 2 aromatic carbocycles. The molecule has 174 valence electrons. The minimum Gasteiger partial charge on any atom is -0.378 e. The minimum absolute atomic E-state index is 0.0985. The summed E-state index contributed by atoms with van der Waals surface area (Å²) in [5, 5.41) is 20.0. The van der Waals surface area contributed by atoms with Crippen LogP contribution in [0.4, 0.5) is 5.69 Å². The molecule has 5 rings (SSSR count). The number of para-hydroxylation sites is 1. The van der Waals surface area contributed by atoms with E-state index >= 15 is 0 Å². The third-order valence-corrected chi connectivity index (χ3v) is 7.22. The number of non-ortho nitro benzene ring substituents is 1. The number of aryl methyl sites for hydroxylation is 1. The van der Waals surface area contributed by atoms with Gasteiger partial charge in [0.1, 0.15) is 0 Å². The molecule has 0 spiro atoms. The summed E-state index contributed by atoms with van der Waals surface area (Å²) in [4.78, 5) is 13.8. The molecule has 3 aromatic rings. The van der Waals surface area contributed by atoms with Gasteiger partial charge in [0.05, 0.1) is 34.6 Å². The average Bonchev–Trinajstić information content (AvgIpc) is 3.40. The largest absolute Gasteiger partial charge is 0.378 e. The monoisotopic (exact) mass is 475 g/mol. The van der Waals surface area contributed by atoms with Gasteiger partial charge in [-0.05, 0) is 59.9 Å². The lowest BCUT2D eigenvalue weighted by atomic mass is 10.1. The maximum absolute atomic E-state index is 11.0. The van der Waals surface area contributed by atoms with Crippen molar-refractivity contribution in [1.29, 1.82) is 0 Å². The SMILES string of the molecule is Cn1/c(=N\N=C/C2=C(N3CCOCC3)C(=C/c3ccc([N+](=O)[O-])cc3)/CC2)sc2ccccc21. The summed E-state index contributed by atoms with van der Waals surface area (Å²) >= 11 is 1.62. The van der Waals surface area contributed by atoms with Crippen molar-refractivity contribution in [2.75, 3.05) is 26.3 Å². The number of allylic oxidation sites excluding steroid dienone is 2. The number of nitrogens with zero attached hydrogens (tertiary/aromatic N) is 5. The molecule has 0 amide bonds. The van der Waals surface area contributed by atoms with Crippen LogP contribution in [0.1, 0.15) is 18.4 Å². The second-order valence-corrected chi connectivity index (χ2v) is 9.26. The van der Waals surface area contributed by atoms with Gasteiger partial charge in [0, 0.05) is 38.0 Å². The summed E-state index contributed by atoms with van der Waals surface area (Å²) < 4.78 is 8.80. The van der Waals surface area contributed by atoms with E-state index in [2.05, 4.69) is 37.9 Å². The second-order valence-electron chi connectivity index (χ2n) is 8.25. The predicted molar refractivity (Wildman–Crippen MR) is 135 cm³/mol. The van der Waals surface area contributed by atoms with Gasteiger partial charge >= 0.3 is 0 Å². The lowest BCUT2D eigenvalue weighted by Crippen LogP contribution is -2.36. The van der Waals surface area contributed by atoms with Crippen LogP contribution in [-0.4, -0.2) is 46.9 Å². The Hall–Kier alpha value is -3.56. The molecule has 0 N–H and O–H groups in total. The fraction of sp³-hybridized carbons (Fsp3) is 0.280. The van der Waals surface area contributed by atoms with Gasteiger partial charge in [-0.2, -0.15) is 5.10 Å². The first kappa shape index (κ1) is 22.2. The van der Waals surface area contributed by atoms with E-state index in [0.717, 1.165) is 47.4 Å². The van der Waals surface area contributed by atoms with Crippen LogP contribution in [0.2, 0.25) is 0 Å². The van der Waals surface area contributed by atoms with E-state index in [1.165, 1.54) is 16.0 Å². The van der Waals surface area contributed by atoms with Crippen LogP contribution in [0, 0.1) is 10.1 Å². The molecule has 1 fully saturated rings. The van der Waals surface area contributed by atoms with Gasteiger partial charge in [0.25, 0.3) is 5.69 Å². The number of nitro benzene ring substituents is 1. The number of hydrogen-bond donors (Lipinski definition) is 0. The van der Waals surface area contributed by atoms with Gasteiger partial charge in [-0.1, -0.05) is 23.5 Å². The number of thiazole rings is 1. The normalized spacial score (nSPS) is 18.7. The zero-order valence-corrected chi connectivity index (χ0v) is 19.7. The molecule has 0 radical (unpaired) electrons. The van der Waals surface area contributed by atoms with Crippen LogP contribution in [0.5, 0.6) is 0 Å². The average molecular weight is 476 g/mol. The van der Waals surface area contributed by atoms with Crippen molar-refractivity contribution in [1.82, 2.24) is 9.47 Å². The Bertz CT molecular complexity index is 1380. The first-order valence-electron chi connectivity index (χ1n) is 11.2. The predicted octanol–water partition coefficient (Wildman–Crippen LogP) is 4.50. The number of hydrogen-bond acceptors (Lipinski definition) is 7. The molecule has 1 aliphatic heterocycles. The van der Waals surface area contributed by atoms with Gasteiger partial charge < -0.3 is 14.2 Å². The van der Waals surface area contributed by atoms with Gasteiger partial charge in [-0.3, -0.25) is 10.1 Å². The summed E-state index contributed by atoms with van der Waals surface area (Å²) in [6, 6.07) is 14.9. The molecule has 1 saturated heterocycles. The third kappa shape index (κ3) is 4.57. The smallest absolute Gasteiger partial charge is 0.269 e. The fourth-order valence-electron chi connectivity index (χ4n) is 4.39. The van der Waals surface area contributed by atoms with Crippen LogP contribution >= 0.6 is 11.3 Å². The second kappa shape index (κ2) is 9.74. The Labute approximate surface area is 201 Å². The van der Waals surface area contributed by atoms with E-state index in [1.807, 2.05) is 25.4 Å². The van der Waals surface area contributed by atoms with E-state index < -0.39 is 0 Å². The van der Waals surface area contributed by atoms with Crippen molar-refractivity contribution >= 4 is 39.5 Å². The Kier molecular flexibility index (Phi) is 6.37. The number of nitro groups is 1. The third-order valence-electron chi connectivity index (χ3n) is 6.12. The molecule has 8 nitrogen and oxygen atoms in total. The quantitative estimate of drug-likeness (QED) is 0.309. The molecular formula is C25H25N5O3S. The summed E-state index contributed by atoms with van der Waals surface area (Å²) in [6.07, 6.45) is 5.77. The van der Waals surface area contributed by atoms with Crippen LogP contribution in [0.25, 0.3) is 16.3 Å². The lowest BCUT2D eigenvalue weighted by Gasteiger charge is -2.31. The molecule has 2 aliphatic rings. The molecule has 0 bridgehead atoms. The highest BCUT2D eigenvalue weighted by molar-refractivity contribution is 7.16. The van der Waals surface area contributed by atoms with Crippen molar-refractivity contribution in [3.8, 4) is 0 Å². The zero-order chi connectivity index (χ0) is 23.5. The summed E-state index contributed by atoms with van der Waals surface area (Å²) in [5.41, 5.74) is 5.74. The molecule has 2 heterocycles. The maximum Gasteiger partial charge on any atom is 0.269 e. The molecule has 0 saturated carbocycles. The number of rotatable bonds is 5. The Morgan fingerprint density at radius 2 is 1.85 bits per heavy atom. The highest BCUT2D eigenvalue weighted by Crippen LogP contribution is 2.35. The number of morpholine rings is 1. The first-order valence-corrected chi connectivity index (χ1v) is 12.0. The highest BCUT2D eigenvalue weighted by atomic mass is 32.1. The van der Waals surface area contributed by atoms with Crippen LogP contribution in [0.15, 0.2) is 75.6 Å². The summed E-state index contributed by atoms with van der Waals surface area (Å²) in [5.74, 6) is 0. The maximum atomic E-state index is 11.0. The standard InChI is InChI=1S/C25H25N5O3S/c1-28-22-4-2-3-5-23(22)34-25(28)27-26-17-20-9-8-19(24(20)29-12-14-33-15-13-29)16-18-6-10-21(11-7-18)30(31)32/h2-7,10-11,16-17H,8-9,12-15H2,1H3/b19-16+,26-17-,27-25+. The number of ether oxygens (including phenoxy) is 1. The van der Waals surface area contributed by atoms with Crippen molar-refractivity contribution in [2.45, 2.75) is 12.8 Å². The van der Waals surface area contributed by atoms with Crippen molar-refractivity contribution in [3.05, 3.63) is 85.9 Å². The number of benzene rings is 2. The molecule has 0 unspecified atom stereocenters. The summed E-state index contributed by atoms with van der Waals surface area (Å²) in [7, 11) is 2.01. The fourth-order valence-corrected chi connectivity index (χ4v) is 5.37. The topological polar surface area (TPSA) is 85.3 Å². The van der Waals surface area contributed by atoms with E-state index in [0.29, 0.717) is 13.2 Å². The van der Waals surface area contributed by atoms with Crippen molar-refractivity contribution in [2.24, 2.45) is 17.3 Å². The van der Waals surface area contributed by atoms with Crippen molar-refractivity contribution in [3.63, 3.8) is 0 Å². The zero-order valence-electron chi connectivity index (χ0n) is 18.9. The van der Waals surface area contributed by atoms with Gasteiger partial charge in [0.15, 0.2) is 0 Å². The van der Waals surface area contributed by atoms with Gasteiger partial charge in [-0.15, -0.1) is 5.10 Å². The highest BCUT2D eigenvalue weighted by Gasteiger charge is 2.25. The molecule has 34 heavy (non-hydrogen) atoms. The van der Waals surface area contributed by atoms with Crippen LogP contribution in [-0.2, 0) is 11.8 Å².